The molecule has 6 heteroatoms. The second-order valence-electron chi connectivity index (χ2n) is 4.59. The van der Waals surface area contributed by atoms with Crippen molar-refractivity contribution in [1.82, 2.24) is 9.78 Å². The van der Waals surface area contributed by atoms with Crippen molar-refractivity contribution in [2.75, 3.05) is 0 Å². The van der Waals surface area contributed by atoms with Gasteiger partial charge in [0.25, 0.3) is 0 Å². The number of ether oxygens (including phenoxy) is 1. The van der Waals surface area contributed by atoms with Gasteiger partial charge in [0.05, 0.1) is 16.3 Å². The Morgan fingerprint density at radius 2 is 2.15 bits per heavy atom. The lowest BCUT2D eigenvalue weighted by Gasteiger charge is -2.10. The van der Waals surface area contributed by atoms with E-state index >= 15 is 0 Å². The number of nitrogens with zero attached hydrogens (tertiary/aromatic N) is 2. The van der Waals surface area contributed by atoms with Gasteiger partial charge >= 0.3 is 0 Å². The number of halogens is 2. The van der Waals surface area contributed by atoms with E-state index in [2.05, 4.69) is 5.10 Å². The van der Waals surface area contributed by atoms with Crippen molar-refractivity contribution in [3.63, 3.8) is 0 Å². The van der Waals surface area contributed by atoms with Gasteiger partial charge in [-0.1, -0.05) is 23.2 Å². The van der Waals surface area contributed by atoms with Crippen LogP contribution in [0.2, 0.25) is 10.0 Å². The number of benzene rings is 1. The molecule has 0 aliphatic rings. The van der Waals surface area contributed by atoms with Crippen LogP contribution in [-0.2, 0) is 6.61 Å². The summed E-state index contributed by atoms with van der Waals surface area (Å²) in [5.41, 5.74) is 1.09. The molecule has 0 atom stereocenters. The Labute approximate surface area is 127 Å². The zero-order valence-corrected chi connectivity index (χ0v) is 12.6. The van der Waals surface area contributed by atoms with Crippen molar-refractivity contribution in [3.05, 3.63) is 45.7 Å². The smallest absolute Gasteiger partial charge is 0.153 e. The molecule has 2 rings (SSSR count). The average Bonchev–Trinajstić information content (AvgIpc) is 2.85. The summed E-state index contributed by atoms with van der Waals surface area (Å²) in [6.07, 6.45) is 2.55. The Hall–Kier alpha value is -1.52. The number of rotatable bonds is 5. The van der Waals surface area contributed by atoms with Crippen LogP contribution in [0.3, 0.4) is 0 Å². The Morgan fingerprint density at radius 3 is 2.75 bits per heavy atom. The van der Waals surface area contributed by atoms with E-state index in [1.807, 2.05) is 30.8 Å². The molecule has 0 radical (unpaired) electrons. The van der Waals surface area contributed by atoms with Gasteiger partial charge in [0, 0.05) is 17.3 Å². The van der Waals surface area contributed by atoms with Crippen LogP contribution in [0.4, 0.5) is 0 Å². The Kier molecular flexibility index (Phi) is 4.68. The van der Waals surface area contributed by atoms with E-state index in [1.165, 1.54) is 12.1 Å². The highest BCUT2D eigenvalue weighted by Crippen LogP contribution is 2.32. The maximum absolute atomic E-state index is 11.0. The molecule has 0 saturated heterocycles. The van der Waals surface area contributed by atoms with Crippen LogP contribution in [0.25, 0.3) is 0 Å². The van der Waals surface area contributed by atoms with Crippen LogP contribution in [0, 0.1) is 0 Å². The molecule has 4 nitrogen and oxygen atoms in total. The molecule has 0 spiro atoms. The number of carbonyl (C=O) groups is 1. The number of aldehydes is 1. The van der Waals surface area contributed by atoms with E-state index in [9.17, 15) is 4.79 Å². The molecule has 1 aromatic heterocycles. The lowest BCUT2D eigenvalue weighted by atomic mass is 10.2. The van der Waals surface area contributed by atoms with Gasteiger partial charge in [0.2, 0.25) is 0 Å². The topological polar surface area (TPSA) is 44.1 Å². The van der Waals surface area contributed by atoms with Gasteiger partial charge in [0.15, 0.2) is 6.29 Å². The molecular formula is C14H14Cl2N2O2. The fourth-order valence-electron chi connectivity index (χ4n) is 1.71. The normalized spacial score (nSPS) is 10.8. The van der Waals surface area contributed by atoms with Gasteiger partial charge in [-0.05, 0) is 32.0 Å². The fourth-order valence-corrected chi connectivity index (χ4v) is 2.27. The van der Waals surface area contributed by atoms with Crippen LogP contribution in [-0.4, -0.2) is 16.1 Å². The van der Waals surface area contributed by atoms with Gasteiger partial charge in [-0.2, -0.15) is 5.10 Å². The van der Waals surface area contributed by atoms with Crippen molar-refractivity contribution in [2.45, 2.75) is 26.5 Å². The zero-order valence-electron chi connectivity index (χ0n) is 11.1. The first-order valence-electron chi connectivity index (χ1n) is 6.12. The Balaban J connectivity index is 2.16. The maximum Gasteiger partial charge on any atom is 0.153 e. The molecule has 1 aromatic carbocycles. The molecule has 20 heavy (non-hydrogen) atoms. The van der Waals surface area contributed by atoms with E-state index < -0.39 is 0 Å². The predicted molar refractivity (Wildman–Crippen MR) is 78.8 cm³/mol. The number of carbonyl (C=O) groups excluding carboxylic acids is 1. The fraction of sp³-hybridized carbons (Fsp3) is 0.286. The van der Waals surface area contributed by atoms with Crippen molar-refractivity contribution < 1.29 is 9.53 Å². The summed E-state index contributed by atoms with van der Waals surface area (Å²) in [6.45, 7) is 4.32. The molecule has 1 heterocycles. The summed E-state index contributed by atoms with van der Waals surface area (Å²) < 4.78 is 7.43. The molecule has 0 amide bonds. The standard InChI is InChI=1S/C14H14Cl2N2O2/c1-9(2)18-4-3-12(17-18)8-20-14-10(7-19)5-11(15)6-13(14)16/h3-7,9H,8H2,1-2H3. The zero-order chi connectivity index (χ0) is 14.7. The molecule has 0 aliphatic heterocycles. The minimum atomic E-state index is 0.238. The second-order valence-corrected chi connectivity index (χ2v) is 5.44. The van der Waals surface area contributed by atoms with Gasteiger partial charge < -0.3 is 4.74 Å². The molecule has 2 aromatic rings. The molecule has 0 N–H and O–H groups in total. The number of hydrogen-bond acceptors (Lipinski definition) is 3. The molecule has 0 unspecified atom stereocenters. The van der Waals surface area contributed by atoms with Crippen LogP contribution < -0.4 is 4.74 Å². The summed E-state index contributed by atoms with van der Waals surface area (Å²) in [7, 11) is 0. The second kappa shape index (κ2) is 6.29. The molecule has 0 fully saturated rings. The van der Waals surface area contributed by atoms with E-state index in [1.54, 1.807) is 0 Å². The third-order valence-corrected chi connectivity index (χ3v) is 3.22. The third-order valence-electron chi connectivity index (χ3n) is 2.72. The van der Waals surface area contributed by atoms with Crippen molar-refractivity contribution in [2.24, 2.45) is 0 Å². The SMILES string of the molecule is CC(C)n1ccc(COc2c(Cl)cc(Cl)cc2C=O)n1. The Bertz CT molecular complexity index is 624. The quantitative estimate of drug-likeness (QED) is 0.778. The van der Waals surface area contributed by atoms with Crippen LogP contribution in [0.5, 0.6) is 5.75 Å². The van der Waals surface area contributed by atoms with Gasteiger partial charge in [-0.15, -0.1) is 0 Å². The largest absolute Gasteiger partial charge is 0.485 e. The molecule has 0 saturated carbocycles. The number of hydrogen-bond donors (Lipinski definition) is 0. The first-order valence-corrected chi connectivity index (χ1v) is 6.88. The predicted octanol–water partition coefficient (Wildman–Crippen LogP) is 4.16. The van der Waals surface area contributed by atoms with Crippen LogP contribution in [0.1, 0.15) is 35.9 Å². The Morgan fingerprint density at radius 1 is 1.40 bits per heavy atom. The summed E-state index contributed by atoms with van der Waals surface area (Å²) in [4.78, 5) is 11.0. The summed E-state index contributed by atoms with van der Waals surface area (Å²) >= 11 is 11.9. The van der Waals surface area contributed by atoms with E-state index in [-0.39, 0.29) is 12.6 Å². The monoisotopic (exact) mass is 312 g/mol. The molecule has 0 bridgehead atoms. The van der Waals surface area contributed by atoms with Crippen LogP contribution >= 0.6 is 23.2 Å². The number of aromatic nitrogens is 2. The van der Waals surface area contributed by atoms with Gasteiger partial charge in [-0.25, -0.2) is 0 Å². The molecule has 106 valence electrons. The van der Waals surface area contributed by atoms with Crippen molar-refractivity contribution >= 4 is 29.5 Å². The van der Waals surface area contributed by atoms with E-state index in [0.29, 0.717) is 27.6 Å². The first kappa shape index (κ1) is 14.9. The minimum Gasteiger partial charge on any atom is -0.485 e. The summed E-state index contributed by atoms with van der Waals surface area (Å²) in [5.74, 6) is 0.324. The van der Waals surface area contributed by atoms with E-state index in [0.717, 1.165) is 5.69 Å². The highest BCUT2D eigenvalue weighted by Gasteiger charge is 2.11. The maximum atomic E-state index is 11.0. The summed E-state index contributed by atoms with van der Waals surface area (Å²) in [5, 5.41) is 5.07. The van der Waals surface area contributed by atoms with E-state index in [4.69, 9.17) is 27.9 Å². The van der Waals surface area contributed by atoms with Crippen molar-refractivity contribution in [1.29, 1.82) is 0 Å². The van der Waals surface area contributed by atoms with Crippen LogP contribution in [0.15, 0.2) is 24.4 Å². The highest BCUT2D eigenvalue weighted by molar-refractivity contribution is 6.36. The molecular weight excluding hydrogens is 299 g/mol. The molecule has 0 aliphatic carbocycles. The lowest BCUT2D eigenvalue weighted by Crippen LogP contribution is -2.04. The first-order chi connectivity index (χ1) is 9.51. The van der Waals surface area contributed by atoms with Gasteiger partial charge in [0.1, 0.15) is 12.4 Å². The van der Waals surface area contributed by atoms with Gasteiger partial charge in [-0.3, -0.25) is 9.48 Å². The summed E-state index contributed by atoms with van der Waals surface area (Å²) in [6, 6.07) is 5.21. The lowest BCUT2D eigenvalue weighted by molar-refractivity contribution is 0.111. The van der Waals surface area contributed by atoms with Crippen molar-refractivity contribution in [3.8, 4) is 5.75 Å². The minimum absolute atomic E-state index is 0.238. The highest BCUT2D eigenvalue weighted by atomic mass is 35.5. The third kappa shape index (κ3) is 3.32. The average molecular weight is 313 g/mol.